The molecule has 0 spiro atoms. The first-order valence-corrected chi connectivity index (χ1v) is 7.80. The van der Waals surface area contributed by atoms with Crippen molar-refractivity contribution >= 4 is 28.5 Å². The van der Waals surface area contributed by atoms with Crippen LogP contribution < -0.4 is 10.6 Å². The van der Waals surface area contributed by atoms with Crippen LogP contribution in [0.5, 0.6) is 0 Å². The van der Waals surface area contributed by atoms with Crippen LogP contribution in [0.3, 0.4) is 0 Å². The summed E-state index contributed by atoms with van der Waals surface area (Å²) in [6.45, 7) is 1.89. The Labute approximate surface area is 138 Å². The predicted octanol–water partition coefficient (Wildman–Crippen LogP) is 3.55. The molecule has 1 aliphatic heterocycles. The summed E-state index contributed by atoms with van der Waals surface area (Å²) in [6, 6.07) is 14.5. The zero-order valence-electron chi connectivity index (χ0n) is 13.1. The van der Waals surface area contributed by atoms with Gasteiger partial charge in [-0.25, -0.2) is 0 Å². The molecule has 0 radical (unpaired) electrons. The van der Waals surface area contributed by atoms with Gasteiger partial charge in [0.1, 0.15) is 11.3 Å². The second kappa shape index (κ2) is 5.53. The van der Waals surface area contributed by atoms with Crippen molar-refractivity contribution in [3.8, 4) is 0 Å². The van der Waals surface area contributed by atoms with Gasteiger partial charge in [-0.05, 0) is 42.8 Å². The minimum absolute atomic E-state index is 0.126. The van der Waals surface area contributed by atoms with Gasteiger partial charge in [-0.2, -0.15) is 0 Å². The molecule has 3 aromatic rings. The van der Waals surface area contributed by atoms with Gasteiger partial charge >= 0.3 is 0 Å². The van der Waals surface area contributed by atoms with E-state index < -0.39 is 0 Å². The van der Waals surface area contributed by atoms with Gasteiger partial charge in [-0.1, -0.05) is 18.2 Å². The summed E-state index contributed by atoms with van der Waals surface area (Å²) in [4.78, 5) is 24.3. The molecule has 4 rings (SSSR count). The minimum Gasteiger partial charge on any atom is -0.461 e. The molecule has 2 heterocycles. The fourth-order valence-electron chi connectivity index (χ4n) is 3.13. The highest BCUT2D eigenvalue weighted by molar-refractivity contribution is 6.01. The van der Waals surface area contributed by atoms with Crippen molar-refractivity contribution in [2.24, 2.45) is 0 Å². The van der Waals surface area contributed by atoms with Crippen LogP contribution in [0.25, 0.3) is 11.0 Å². The monoisotopic (exact) mass is 320 g/mol. The number of amides is 2. The first kappa shape index (κ1) is 14.5. The Bertz CT molecular complexity index is 958. The van der Waals surface area contributed by atoms with E-state index >= 15 is 0 Å². The number of carbonyl (C=O) groups excluding carboxylic acids is 2. The first-order chi connectivity index (χ1) is 11.6. The highest BCUT2D eigenvalue weighted by Gasteiger charge is 2.29. The maximum absolute atomic E-state index is 12.3. The lowest BCUT2D eigenvalue weighted by Gasteiger charge is -2.12. The topological polar surface area (TPSA) is 71.3 Å². The van der Waals surface area contributed by atoms with Gasteiger partial charge < -0.3 is 15.1 Å². The molecule has 1 aromatic heterocycles. The molecule has 0 fully saturated rings. The average molecular weight is 320 g/mol. The van der Waals surface area contributed by atoms with Crippen molar-refractivity contribution in [2.75, 3.05) is 5.32 Å². The molecule has 1 unspecified atom stereocenters. The van der Waals surface area contributed by atoms with Gasteiger partial charge in [-0.3, -0.25) is 9.59 Å². The van der Waals surface area contributed by atoms with Gasteiger partial charge in [0, 0.05) is 16.6 Å². The molecule has 0 aliphatic carbocycles. The Hall–Kier alpha value is -3.08. The third-order valence-corrected chi connectivity index (χ3v) is 4.20. The normalized spacial score (nSPS) is 16.0. The lowest BCUT2D eigenvalue weighted by Crippen LogP contribution is -2.24. The number of hydrogen-bond donors (Lipinski definition) is 2. The van der Waals surface area contributed by atoms with Crippen molar-refractivity contribution < 1.29 is 14.0 Å². The lowest BCUT2D eigenvalue weighted by atomic mass is 10.0. The first-order valence-electron chi connectivity index (χ1n) is 7.80. The number of aryl methyl sites for hydroxylation is 1. The fourth-order valence-corrected chi connectivity index (χ4v) is 3.13. The van der Waals surface area contributed by atoms with E-state index in [-0.39, 0.29) is 24.3 Å². The summed E-state index contributed by atoms with van der Waals surface area (Å²) in [6.07, 6.45) is 0.200. The molecule has 0 saturated heterocycles. The second-order valence-corrected chi connectivity index (χ2v) is 5.98. The van der Waals surface area contributed by atoms with Crippen molar-refractivity contribution in [3.63, 3.8) is 0 Å². The van der Waals surface area contributed by atoms with Crippen molar-refractivity contribution in [1.29, 1.82) is 0 Å². The predicted molar refractivity (Wildman–Crippen MR) is 90.8 cm³/mol. The maximum Gasteiger partial charge on any atom is 0.252 e. The van der Waals surface area contributed by atoms with Crippen molar-refractivity contribution in [1.82, 2.24) is 5.32 Å². The molecule has 1 atom stereocenters. The lowest BCUT2D eigenvalue weighted by molar-refractivity contribution is -0.116. The Morgan fingerprint density at radius 2 is 2.04 bits per heavy atom. The van der Waals surface area contributed by atoms with E-state index in [0.29, 0.717) is 11.3 Å². The molecule has 2 aromatic carbocycles. The molecular weight excluding hydrogens is 304 g/mol. The Balaban J connectivity index is 1.49. The summed E-state index contributed by atoms with van der Waals surface area (Å²) < 4.78 is 5.53. The van der Waals surface area contributed by atoms with E-state index in [1.165, 1.54) is 0 Å². The van der Waals surface area contributed by atoms with Crippen LogP contribution in [0, 0.1) is 6.92 Å². The van der Waals surface area contributed by atoms with Crippen LogP contribution in [0.15, 0.2) is 52.9 Å². The Morgan fingerprint density at radius 3 is 2.92 bits per heavy atom. The van der Waals surface area contributed by atoms with E-state index in [2.05, 4.69) is 10.6 Å². The summed E-state index contributed by atoms with van der Waals surface area (Å²) >= 11 is 0. The molecule has 2 amide bonds. The molecule has 0 saturated carbocycles. The van der Waals surface area contributed by atoms with Crippen LogP contribution in [0.2, 0.25) is 0 Å². The number of rotatable bonds is 3. The van der Waals surface area contributed by atoms with E-state index in [1.54, 1.807) is 6.07 Å². The summed E-state index contributed by atoms with van der Waals surface area (Å²) in [5.41, 5.74) is 3.03. The fraction of sp³-hybridized carbons (Fsp3) is 0.158. The number of benzene rings is 2. The number of carbonyl (C=O) groups is 2. The van der Waals surface area contributed by atoms with Crippen LogP contribution in [-0.2, 0) is 4.79 Å². The average Bonchev–Trinajstić information content (AvgIpc) is 3.07. The molecule has 5 heteroatoms. The van der Waals surface area contributed by atoms with Crippen LogP contribution >= 0.6 is 0 Å². The van der Waals surface area contributed by atoms with Crippen molar-refractivity contribution in [2.45, 2.75) is 19.4 Å². The maximum atomic E-state index is 12.3. The molecule has 0 bridgehead atoms. The van der Waals surface area contributed by atoms with E-state index in [1.807, 2.05) is 49.4 Å². The molecular formula is C19H16N2O3. The zero-order chi connectivity index (χ0) is 16.7. The third-order valence-electron chi connectivity index (χ3n) is 4.20. The number of nitrogens with one attached hydrogen (secondary N) is 2. The van der Waals surface area contributed by atoms with Gasteiger partial charge in [0.25, 0.3) is 5.91 Å². The SMILES string of the molecule is Cc1cc2cc(NC(=O)CC3NC(=O)c4ccccc43)ccc2o1. The second-order valence-electron chi connectivity index (χ2n) is 5.98. The molecule has 120 valence electrons. The van der Waals surface area contributed by atoms with E-state index in [4.69, 9.17) is 4.42 Å². The standard InChI is InChI=1S/C19H16N2O3/c1-11-8-12-9-13(6-7-17(12)24-11)20-18(22)10-16-14-4-2-3-5-15(14)19(23)21-16/h2-9,16H,10H2,1H3,(H,20,22)(H,21,23). The summed E-state index contributed by atoms with van der Waals surface area (Å²) in [7, 11) is 0. The smallest absolute Gasteiger partial charge is 0.252 e. The van der Waals surface area contributed by atoms with E-state index in [9.17, 15) is 9.59 Å². The van der Waals surface area contributed by atoms with Gasteiger partial charge in [0.15, 0.2) is 0 Å². The minimum atomic E-state index is -0.284. The van der Waals surface area contributed by atoms with Crippen LogP contribution in [-0.4, -0.2) is 11.8 Å². The van der Waals surface area contributed by atoms with Crippen molar-refractivity contribution in [3.05, 3.63) is 65.4 Å². The summed E-state index contributed by atoms with van der Waals surface area (Å²) in [5, 5.41) is 6.69. The number of anilines is 1. The Morgan fingerprint density at radius 1 is 1.21 bits per heavy atom. The van der Waals surface area contributed by atoms with Gasteiger partial charge in [0.05, 0.1) is 12.5 Å². The zero-order valence-corrected chi connectivity index (χ0v) is 13.1. The summed E-state index contributed by atoms with van der Waals surface area (Å²) in [5.74, 6) is 0.564. The molecule has 24 heavy (non-hydrogen) atoms. The van der Waals surface area contributed by atoms with Gasteiger partial charge in [-0.15, -0.1) is 0 Å². The molecule has 1 aliphatic rings. The number of furan rings is 1. The largest absolute Gasteiger partial charge is 0.461 e. The highest BCUT2D eigenvalue weighted by atomic mass is 16.3. The van der Waals surface area contributed by atoms with Crippen LogP contribution in [0.4, 0.5) is 5.69 Å². The number of hydrogen-bond acceptors (Lipinski definition) is 3. The molecule has 2 N–H and O–H groups in total. The van der Waals surface area contributed by atoms with E-state index in [0.717, 1.165) is 22.3 Å². The van der Waals surface area contributed by atoms with Crippen LogP contribution in [0.1, 0.15) is 34.1 Å². The highest BCUT2D eigenvalue weighted by Crippen LogP contribution is 2.28. The number of fused-ring (bicyclic) bond motifs is 2. The quantitative estimate of drug-likeness (QED) is 0.775. The third kappa shape index (κ3) is 2.54. The Kier molecular flexibility index (Phi) is 3.34. The van der Waals surface area contributed by atoms with Gasteiger partial charge in [0.2, 0.25) is 5.91 Å². The molecule has 5 nitrogen and oxygen atoms in total.